The van der Waals surface area contributed by atoms with Gasteiger partial charge in [-0.05, 0) is 24.3 Å². The van der Waals surface area contributed by atoms with E-state index in [0.29, 0.717) is 49.8 Å². The second kappa shape index (κ2) is 8.30. The Morgan fingerprint density at radius 2 is 1.78 bits per heavy atom. The second-order valence-corrected chi connectivity index (χ2v) is 8.02. The summed E-state index contributed by atoms with van der Waals surface area (Å²) in [4.78, 5) is 40.0. The molecule has 1 N–H and O–H groups in total. The molecule has 2 aliphatic rings. The van der Waals surface area contributed by atoms with Crippen molar-refractivity contribution in [2.75, 3.05) is 54.9 Å². The molecule has 0 aliphatic carbocycles. The quantitative estimate of drug-likeness (QED) is 0.690. The summed E-state index contributed by atoms with van der Waals surface area (Å²) in [5.74, 6) is 1.47. The largest absolute Gasteiger partial charge is 0.364 e. The number of benzene rings is 2. The number of carbonyl (C=O) groups is 2. The number of piperazine rings is 1. The molecular formula is C24H24N6O2. The minimum Gasteiger partial charge on any atom is -0.364 e. The molecule has 0 unspecified atom stereocenters. The van der Waals surface area contributed by atoms with Crippen molar-refractivity contribution in [3.05, 3.63) is 66.4 Å². The summed E-state index contributed by atoms with van der Waals surface area (Å²) in [5, 5.41) is 2.86. The molecule has 0 atom stereocenters. The molecule has 3 aromatic rings. The lowest BCUT2D eigenvalue weighted by molar-refractivity contribution is -0.115. The van der Waals surface area contributed by atoms with E-state index >= 15 is 0 Å². The van der Waals surface area contributed by atoms with E-state index in [9.17, 15) is 9.59 Å². The molecule has 1 saturated heterocycles. The van der Waals surface area contributed by atoms with Crippen LogP contribution in [0.5, 0.6) is 0 Å². The highest BCUT2D eigenvalue weighted by molar-refractivity contribution is 6.04. The van der Waals surface area contributed by atoms with Crippen LogP contribution in [0.4, 0.5) is 17.2 Å². The maximum Gasteiger partial charge on any atom is 0.254 e. The van der Waals surface area contributed by atoms with E-state index in [2.05, 4.69) is 15.2 Å². The molecule has 1 aromatic heterocycles. The molecule has 0 saturated carbocycles. The highest BCUT2D eigenvalue weighted by Crippen LogP contribution is 2.30. The van der Waals surface area contributed by atoms with Crippen molar-refractivity contribution >= 4 is 29.0 Å². The lowest BCUT2D eigenvalue weighted by atomic mass is 10.1. The predicted octanol–water partition coefficient (Wildman–Crippen LogP) is 2.49. The van der Waals surface area contributed by atoms with Gasteiger partial charge in [0.25, 0.3) is 5.91 Å². The molecular weight excluding hydrogens is 404 g/mol. The van der Waals surface area contributed by atoms with Crippen LogP contribution in [0.1, 0.15) is 10.4 Å². The van der Waals surface area contributed by atoms with Gasteiger partial charge in [0.2, 0.25) is 5.91 Å². The topological polar surface area (TPSA) is 81.7 Å². The Labute approximate surface area is 186 Å². The number of nitrogens with zero attached hydrogens (tertiary/aromatic N) is 5. The van der Waals surface area contributed by atoms with E-state index in [-0.39, 0.29) is 11.8 Å². The van der Waals surface area contributed by atoms with E-state index in [1.807, 2.05) is 65.4 Å². The molecule has 8 nitrogen and oxygen atoms in total. The van der Waals surface area contributed by atoms with Crippen LogP contribution in [0.2, 0.25) is 0 Å². The molecule has 2 aromatic carbocycles. The standard InChI is InChI=1S/C24H24N6O2/c1-28-16-22(31)26-19-15-18(7-8-20(19)28)24(32)30-13-11-29(12-14-30)21-9-10-25-23(27-21)17-5-3-2-4-6-17/h2-10,15H,11-14,16H2,1H3,(H,26,31). The first-order valence-corrected chi connectivity index (χ1v) is 10.7. The average Bonchev–Trinajstić information content (AvgIpc) is 2.84. The van der Waals surface area contributed by atoms with Gasteiger partial charge in [-0.1, -0.05) is 30.3 Å². The van der Waals surface area contributed by atoms with Crippen molar-refractivity contribution in [1.29, 1.82) is 0 Å². The monoisotopic (exact) mass is 428 g/mol. The molecule has 0 spiro atoms. The molecule has 0 bridgehead atoms. The normalized spacial score (nSPS) is 15.9. The van der Waals surface area contributed by atoms with Gasteiger partial charge in [0.1, 0.15) is 5.82 Å². The van der Waals surface area contributed by atoms with Crippen LogP contribution in [-0.2, 0) is 4.79 Å². The summed E-state index contributed by atoms with van der Waals surface area (Å²) in [7, 11) is 1.87. The van der Waals surface area contributed by atoms with Crippen molar-refractivity contribution in [3.63, 3.8) is 0 Å². The van der Waals surface area contributed by atoms with Gasteiger partial charge in [-0.25, -0.2) is 9.97 Å². The van der Waals surface area contributed by atoms with Crippen LogP contribution in [-0.4, -0.2) is 66.5 Å². The number of amides is 2. The Bertz CT molecular complexity index is 1160. The van der Waals surface area contributed by atoms with E-state index in [1.165, 1.54) is 0 Å². The molecule has 2 aliphatic heterocycles. The fourth-order valence-electron chi connectivity index (χ4n) is 4.17. The minimum atomic E-state index is -0.0714. The van der Waals surface area contributed by atoms with Gasteiger partial charge in [-0.15, -0.1) is 0 Å². The van der Waals surface area contributed by atoms with Crippen LogP contribution in [0.3, 0.4) is 0 Å². The van der Waals surface area contributed by atoms with Crippen LogP contribution in [0, 0.1) is 0 Å². The summed E-state index contributed by atoms with van der Waals surface area (Å²) >= 11 is 0. The zero-order chi connectivity index (χ0) is 22.1. The highest BCUT2D eigenvalue weighted by atomic mass is 16.2. The van der Waals surface area contributed by atoms with Gasteiger partial charge in [0, 0.05) is 50.6 Å². The van der Waals surface area contributed by atoms with Crippen molar-refractivity contribution in [2.45, 2.75) is 0 Å². The second-order valence-electron chi connectivity index (χ2n) is 8.02. The summed E-state index contributed by atoms with van der Waals surface area (Å²) in [6.07, 6.45) is 1.78. The summed E-state index contributed by atoms with van der Waals surface area (Å²) in [6.45, 7) is 2.92. The van der Waals surface area contributed by atoms with Crippen LogP contribution in [0.15, 0.2) is 60.8 Å². The highest BCUT2D eigenvalue weighted by Gasteiger charge is 2.25. The van der Waals surface area contributed by atoms with Crippen LogP contribution >= 0.6 is 0 Å². The Morgan fingerprint density at radius 1 is 1.00 bits per heavy atom. The molecule has 8 heteroatoms. The Morgan fingerprint density at radius 3 is 2.56 bits per heavy atom. The maximum absolute atomic E-state index is 13.1. The number of carbonyl (C=O) groups excluding carboxylic acids is 2. The number of rotatable bonds is 3. The molecule has 2 amide bonds. The molecule has 0 radical (unpaired) electrons. The van der Waals surface area contributed by atoms with E-state index in [4.69, 9.17) is 4.98 Å². The number of nitrogens with one attached hydrogen (secondary N) is 1. The third-order valence-electron chi connectivity index (χ3n) is 5.87. The van der Waals surface area contributed by atoms with Crippen molar-refractivity contribution in [1.82, 2.24) is 14.9 Å². The minimum absolute atomic E-state index is 0.0254. The van der Waals surface area contributed by atoms with Crippen molar-refractivity contribution in [2.24, 2.45) is 0 Å². The average molecular weight is 428 g/mol. The number of hydrogen-bond donors (Lipinski definition) is 1. The van der Waals surface area contributed by atoms with E-state index < -0.39 is 0 Å². The van der Waals surface area contributed by atoms with Gasteiger partial charge in [-0.2, -0.15) is 0 Å². The van der Waals surface area contributed by atoms with Gasteiger partial charge < -0.3 is 20.0 Å². The van der Waals surface area contributed by atoms with Crippen LogP contribution < -0.4 is 15.1 Å². The van der Waals surface area contributed by atoms with Crippen molar-refractivity contribution in [3.8, 4) is 11.4 Å². The first-order chi connectivity index (χ1) is 15.6. The zero-order valence-electron chi connectivity index (χ0n) is 17.9. The number of anilines is 3. The lowest BCUT2D eigenvalue weighted by Gasteiger charge is -2.35. The Balaban J connectivity index is 1.27. The Kier molecular flexibility index (Phi) is 5.18. The van der Waals surface area contributed by atoms with Gasteiger partial charge in [-0.3, -0.25) is 9.59 Å². The number of hydrogen-bond acceptors (Lipinski definition) is 6. The number of aromatic nitrogens is 2. The summed E-state index contributed by atoms with van der Waals surface area (Å²) in [6, 6.07) is 17.3. The van der Waals surface area contributed by atoms with Gasteiger partial charge in [0.15, 0.2) is 5.82 Å². The fraction of sp³-hybridized carbons (Fsp3) is 0.250. The smallest absolute Gasteiger partial charge is 0.254 e. The molecule has 5 rings (SSSR count). The van der Waals surface area contributed by atoms with Gasteiger partial charge >= 0.3 is 0 Å². The number of likely N-dealkylation sites (N-methyl/N-ethyl adjacent to an activating group) is 1. The third kappa shape index (κ3) is 3.87. The first kappa shape index (κ1) is 20.0. The van der Waals surface area contributed by atoms with Crippen molar-refractivity contribution < 1.29 is 9.59 Å². The fourth-order valence-corrected chi connectivity index (χ4v) is 4.17. The third-order valence-corrected chi connectivity index (χ3v) is 5.87. The first-order valence-electron chi connectivity index (χ1n) is 10.7. The van der Waals surface area contributed by atoms with E-state index in [1.54, 1.807) is 12.3 Å². The van der Waals surface area contributed by atoms with Crippen LogP contribution in [0.25, 0.3) is 11.4 Å². The molecule has 162 valence electrons. The number of fused-ring (bicyclic) bond motifs is 1. The molecule has 1 fully saturated rings. The molecule has 3 heterocycles. The predicted molar refractivity (Wildman–Crippen MR) is 124 cm³/mol. The van der Waals surface area contributed by atoms with Gasteiger partial charge in [0.05, 0.1) is 17.9 Å². The lowest BCUT2D eigenvalue weighted by Crippen LogP contribution is -2.49. The summed E-state index contributed by atoms with van der Waals surface area (Å²) < 4.78 is 0. The molecule has 32 heavy (non-hydrogen) atoms. The zero-order valence-corrected chi connectivity index (χ0v) is 17.9. The Hall–Kier alpha value is -3.94. The SMILES string of the molecule is CN1CC(=O)Nc2cc(C(=O)N3CCN(c4ccnc(-c5ccccc5)n4)CC3)ccc21. The van der Waals surface area contributed by atoms with E-state index in [0.717, 1.165) is 17.1 Å². The maximum atomic E-state index is 13.1. The summed E-state index contributed by atoms with van der Waals surface area (Å²) in [5.41, 5.74) is 3.17.